The lowest BCUT2D eigenvalue weighted by Crippen LogP contribution is -2.41. The fraction of sp³-hybridized carbons (Fsp3) is 0.300. The molecule has 2 aromatic rings. The third-order valence-corrected chi connectivity index (χ3v) is 5.93. The third kappa shape index (κ3) is 5.39. The number of carbonyl (C=O) groups is 1. The number of nitriles is 1. The minimum atomic E-state index is -3.80. The Labute approximate surface area is 160 Å². The Hall–Kier alpha value is -2.69. The zero-order valence-corrected chi connectivity index (χ0v) is 16.3. The molecule has 0 radical (unpaired) electrons. The highest BCUT2D eigenvalue weighted by Gasteiger charge is 2.25. The van der Waals surface area contributed by atoms with E-state index in [0.29, 0.717) is 18.7 Å². The first kappa shape index (κ1) is 20.6. The summed E-state index contributed by atoms with van der Waals surface area (Å²) in [5.41, 5.74) is 1.38. The van der Waals surface area contributed by atoms with E-state index in [1.54, 1.807) is 4.90 Å². The maximum atomic E-state index is 12.7. The van der Waals surface area contributed by atoms with E-state index in [2.05, 4.69) is 0 Å². The van der Waals surface area contributed by atoms with Crippen LogP contribution in [-0.2, 0) is 21.4 Å². The van der Waals surface area contributed by atoms with Gasteiger partial charge in [0.1, 0.15) is 0 Å². The van der Waals surface area contributed by atoms with Crippen LogP contribution in [0.25, 0.3) is 0 Å². The van der Waals surface area contributed by atoms with Crippen LogP contribution >= 0.6 is 0 Å². The molecule has 0 saturated carbocycles. The van der Waals surface area contributed by atoms with Gasteiger partial charge in [-0.1, -0.05) is 37.3 Å². The summed E-state index contributed by atoms with van der Waals surface area (Å²) in [4.78, 5) is 14.4. The number of benzene rings is 2. The molecule has 0 aromatic heterocycles. The lowest BCUT2D eigenvalue weighted by atomic mass is 10.2. The molecule has 0 heterocycles. The van der Waals surface area contributed by atoms with Gasteiger partial charge in [-0.2, -0.15) is 9.57 Å². The van der Waals surface area contributed by atoms with Crippen molar-refractivity contribution in [3.63, 3.8) is 0 Å². The van der Waals surface area contributed by atoms with Crippen LogP contribution in [0.4, 0.5) is 0 Å². The lowest BCUT2D eigenvalue weighted by molar-refractivity contribution is -0.131. The van der Waals surface area contributed by atoms with Crippen molar-refractivity contribution in [1.29, 1.82) is 5.26 Å². The van der Waals surface area contributed by atoms with E-state index >= 15 is 0 Å². The summed E-state index contributed by atoms with van der Waals surface area (Å²) in [6.07, 6.45) is 0.782. The van der Waals surface area contributed by atoms with Crippen LogP contribution in [-0.4, -0.2) is 43.7 Å². The number of sulfonamides is 1. The number of rotatable bonds is 8. The maximum Gasteiger partial charge on any atom is 0.243 e. The highest BCUT2D eigenvalue weighted by Crippen LogP contribution is 2.15. The molecule has 27 heavy (non-hydrogen) atoms. The van der Waals surface area contributed by atoms with Gasteiger partial charge in [-0.25, -0.2) is 8.42 Å². The number of hydrogen-bond donors (Lipinski definition) is 0. The van der Waals surface area contributed by atoms with E-state index in [0.717, 1.165) is 16.3 Å². The molecule has 142 valence electrons. The van der Waals surface area contributed by atoms with Crippen LogP contribution in [0.15, 0.2) is 59.5 Å². The van der Waals surface area contributed by atoms with Gasteiger partial charge in [-0.15, -0.1) is 0 Å². The predicted molar refractivity (Wildman–Crippen MR) is 103 cm³/mol. The highest BCUT2D eigenvalue weighted by atomic mass is 32.2. The number of hydrogen-bond acceptors (Lipinski definition) is 4. The quantitative estimate of drug-likeness (QED) is 0.699. The topological polar surface area (TPSA) is 81.5 Å². The molecule has 0 aliphatic heterocycles. The normalized spacial score (nSPS) is 11.2. The zero-order chi connectivity index (χ0) is 19.9. The van der Waals surface area contributed by atoms with Crippen molar-refractivity contribution in [3.05, 3.63) is 65.7 Å². The molecule has 6 nitrogen and oxygen atoms in total. The average molecular weight is 385 g/mol. The fourth-order valence-corrected chi connectivity index (χ4v) is 3.74. The maximum absolute atomic E-state index is 12.7. The SMILES string of the molecule is CCCN(Cc1ccccc1)C(=O)CN(C)S(=O)(=O)c1ccc(C#N)cc1. The number of carbonyl (C=O) groups excluding carboxylic acids is 1. The van der Waals surface area contributed by atoms with E-state index in [9.17, 15) is 13.2 Å². The second kappa shape index (κ2) is 9.31. The molecule has 0 N–H and O–H groups in total. The molecular formula is C20H23N3O3S. The van der Waals surface area contributed by atoms with Crippen molar-refractivity contribution in [2.24, 2.45) is 0 Å². The van der Waals surface area contributed by atoms with E-state index in [-0.39, 0.29) is 17.3 Å². The summed E-state index contributed by atoms with van der Waals surface area (Å²) >= 11 is 0. The summed E-state index contributed by atoms with van der Waals surface area (Å²) in [6.45, 7) is 2.73. The molecule has 0 atom stereocenters. The first-order valence-electron chi connectivity index (χ1n) is 8.66. The average Bonchev–Trinajstić information content (AvgIpc) is 2.68. The number of nitrogens with zero attached hydrogens (tertiary/aromatic N) is 3. The second-order valence-corrected chi connectivity index (χ2v) is 8.24. The molecule has 1 amide bonds. The molecule has 2 rings (SSSR count). The molecule has 0 aliphatic rings. The summed E-state index contributed by atoms with van der Waals surface area (Å²) in [7, 11) is -2.42. The van der Waals surface area contributed by atoms with Crippen LogP contribution < -0.4 is 0 Å². The van der Waals surface area contributed by atoms with Gasteiger partial charge in [-0.3, -0.25) is 4.79 Å². The number of likely N-dealkylation sites (N-methyl/N-ethyl adjacent to an activating group) is 1. The first-order chi connectivity index (χ1) is 12.9. The molecule has 0 spiro atoms. The molecule has 0 aliphatic carbocycles. The summed E-state index contributed by atoms with van der Waals surface area (Å²) in [5.74, 6) is -0.250. The largest absolute Gasteiger partial charge is 0.337 e. The van der Waals surface area contributed by atoms with Gasteiger partial charge in [0.05, 0.1) is 23.1 Å². The Morgan fingerprint density at radius 3 is 2.26 bits per heavy atom. The van der Waals surface area contributed by atoms with Crippen molar-refractivity contribution in [1.82, 2.24) is 9.21 Å². The molecule has 0 saturated heterocycles. The Morgan fingerprint density at radius 1 is 1.07 bits per heavy atom. The lowest BCUT2D eigenvalue weighted by Gasteiger charge is -2.25. The summed E-state index contributed by atoms with van der Waals surface area (Å²) in [5, 5.41) is 8.83. The molecule has 0 fully saturated rings. The van der Waals surface area contributed by atoms with Crippen LogP contribution in [0, 0.1) is 11.3 Å². The first-order valence-corrected chi connectivity index (χ1v) is 10.1. The summed E-state index contributed by atoms with van der Waals surface area (Å²) < 4.78 is 26.4. The Kier molecular flexibility index (Phi) is 7.11. The predicted octanol–water partition coefficient (Wildman–Crippen LogP) is 2.62. The molecular weight excluding hydrogens is 362 g/mol. The Bertz CT molecular complexity index is 904. The van der Waals surface area contributed by atoms with Crippen LogP contribution in [0.5, 0.6) is 0 Å². The number of amides is 1. The smallest absolute Gasteiger partial charge is 0.243 e. The van der Waals surface area contributed by atoms with Crippen LogP contribution in [0.1, 0.15) is 24.5 Å². The molecule has 7 heteroatoms. The van der Waals surface area contributed by atoms with E-state index < -0.39 is 10.0 Å². The minimum absolute atomic E-state index is 0.0573. The van der Waals surface area contributed by atoms with E-state index in [1.165, 1.54) is 31.3 Å². The van der Waals surface area contributed by atoms with E-state index in [1.807, 2.05) is 43.3 Å². The Morgan fingerprint density at radius 2 is 1.70 bits per heavy atom. The summed E-state index contributed by atoms with van der Waals surface area (Å²) in [6, 6.07) is 17.2. The van der Waals surface area contributed by atoms with Crippen LogP contribution in [0.2, 0.25) is 0 Å². The van der Waals surface area contributed by atoms with Crippen molar-refractivity contribution in [2.45, 2.75) is 24.8 Å². The fourth-order valence-electron chi connectivity index (χ4n) is 2.62. The third-order valence-electron chi connectivity index (χ3n) is 4.11. The van der Waals surface area contributed by atoms with E-state index in [4.69, 9.17) is 5.26 Å². The van der Waals surface area contributed by atoms with Crippen LogP contribution in [0.3, 0.4) is 0 Å². The Balaban J connectivity index is 2.11. The van der Waals surface area contributed by atoms with Crippen molar-refractivity contribution >= 4 is 15.9 Å². The molecule has 0 bridgehead atoms. The zero-order valence-electron chi connectivity index (χ0n) is 15.5. The highest BCUT2D eigenvalue weighted by molar-refractivity contribution is 7.89. The molecule has 2 aromatic carbocycles. The van der Waals surface area contributed by atoms with Gasteiger partial charge in [0.25, 0.3) is 0 Å². The standard InChI is InChI=1S/C20H23N3O3S/c1-3-13-23(15-18-7-5-4-6-8-18)20(24)16-22(2)27(25,26)19-11-9-17(14-21)10-12-19/h4-12H,3,13,15-16H2,1-2H3. The van der Waals surface area contributed by atoms with Gasteiger partial charge in [-0.05, 0) is 36.2 Å². The van der Waals surface area contributed by atoms with Gasteiger partial charge in [0, 0.05) is 20.1 Å². The van der Waals surface area contributed by atoms with Crippen molar-refractivity contribution in [3.8, 4) is 6.07 Å². The van der Waals surface area contributed by atoms with Gasteiger partial charge >= 0.3 is 0 Å². The monoisotopic (exact) mass is 385 g/mol. The molecule has 0 unspecified atom stereocenters. The van der Waals surface area contributed by atoms with Crippen molar-refractivity contribution < 1.29 is 13.2 Å². The minimum Gasteiger partial charge on any atom is -0.337 e. The van der Waals surface area contributed by atoms with Gasteiger partial charge in [0.2, 0.25) is 15.9 Å². The van der Waals surface area contributed by atoms with Crippen molar-refractivity contribution in [2.75, 3.05) is 20.1 Å². The van der Waals surface area contributed by atoms with Gasteiger partial charge in [0.15, 0.2) is 0 Å². The van der Waals surface area contributed by atoms with Gasteiger partial charge < -0.3 is 4.90 Å². The second-order valence-electron chi connectivity index (χ2n) is 6.20.